The van der Waals surface area contributed by atoms with E-state index in [1.807, 2.05) is 6.92 Å². The second-order valence-electron chi connectivity index (χ2n) is 6.54. The fourth-order valence-corrected chi connectivity index (χ4v) is 3.69. The molecule has 0 bridgehead atoms. The maximum Gasteiger partial charge on any atom is 0.223 e. The van der Waals surface area contributed by atoms with Crippen LogP contribution < -0.4 is 0 Å². The highest BCUT2D eigenvalue weighted by atomic mass is 16.5. The lowest BCUT2D eigenvalue weighted by molar-refractivity contribution is -0.0153. The van der Waals surface area contributed by atoms with Crippen LogP contribution in [-0.4, -0.2) is 40.8 Å². The molecule has 1 aromatic heterocycles. The number of aryl methyl sites for hydroxylation is 1. The Hall–Kier alpha value is -0.940. The fraction of sp³-hybridized carbons (Fsp3) is 0.875. The minimum Gasteiger partial charge on any atom is -0.377 e. The molecule has 1 saturated heterocycles. The van der Waals surface area contributed by atoms with Crippen LogP contribution in [0.2, 0.25) is 0 Å². The number of ether oxygens (including phenoxy) is 1. The van der Waals surface area contributed by atoms with Gasteiger partial charge in [-0.2, -0.15) is 4.98 Å². The van der Waals surface area contributed by atoms with Gasteiger partial charge in [0, 0.05) is 13.5 Å². The van der Waals surface area contributed by atoms with Gasteiger partial charge in [0.2, 0.25) is 5.89 Å². The van der Waals surface area contributed by atoms with Crippen LogP contribution in [0.5, 0.6) is 0 Å². The van der Waals surface area contributed by atoms with Gasteiger partial charge >= 0.3 is 0 Å². The molecule has 5 heteroatoms. The maximum atomic E-state index is 6.14. The number of aromatic nitrogens is 2. The Bertz CT molecular complexity index is 448. The molecular weight excluding hydrogens is 266 g/mol. The van der Waals surface area contributed by atoms with E-state index in [-0.39, 0.29) is 0 Å². The topological polar surface area (TPSA) is 51.4 Å². The Labute approximate surface area is 127 Å². The van der Waals surface area contributed by atoms with Gasteiger partial charge in [0.05, 0.1) is 18.8 Å². The van der Waals surface area contributed by atoms with E-state index in [2.05, 4.69) is 22.0 Å². The van der Waals surface area contributed by atoms with E-state index in [4.69, 9.17) is 9.26 Å². The van der Waals surface area contributed by atoms with Crippen molar-refractivity contribution >= 4 is 0 Å². The normalized spacial score (nSPS) is 30.9. The number of hydrogen-bond donors (Lipinski definition) is 0. The molecule has 2 fully saturated rings. The molecule has 1 aliphatic carbocycles. The monoisotopic (exact) mass is 293 g/mol. The quantitative estimate of drug-likeness (QED) is 0.835. The molecule has 118 valence electrons. The molecule has 0 unspecified atom stereocenters. The first-order chi connectivity index (χ1) is 10.2. The number of nitrogens with zero attached hydrogens (tertiary/aromatic N) is 3. The van der Waals surface area contributed by atoms with Crippen LogP contribution in [0.25, 0.3) is 0 Å². The molecule has 3 rings (SSSR count). The van der Waals surface area contributed by atoms with E-state index in [1.54, 1.807) is 0 Å². The van der Waals surface area contributed by atoms with Crippen LogP contribution in [0, 0.1) is 12.8 Å². The van der Waals surface area contributed by atoms with Crippen molar-refractivity contribution in [2.24, 2.45) is 5.92 Å². The van der Waals surface area contributed by atoms with E-state index < -0.39 is 0 Å². The molecular formula is C16H27N3O2. The summed E-state index contributed by atoms with van der Waals surface area (Å²) in [6.45, 7) is 7.08. The molecule has 5 nitrogen and oxygen atoms in total. The zero-order valence-corrected chi connectivity index (χ0v) is 13.3. The average Bonchev–Trinajstić information content (AvgIpc) is 3.09. The SMILES string of the molecule is Cc1nc([C@@H]2CCCN2CCO[C@H]2CCCC[C@H]2C)no1. The fourth-order valence-electron chi connectivity index (χ4n) is 3.69. The summed E-state index contributed by atoms with van der Waals surface area (Å²) in [7, 11) is 0. The third kappa shape index (κ3) is 3.64. The van der Waals surface area contributed by atoms with Crippen molar-refractivity contribution in [2.45, 2.75) is 64.5 Å². The molecule has 0 radical (unpaired) electrons. The van der Waals surface area contributed by atoms with Crippen molar-refractivity contribution in [3.8, 4) is 0 Å². The summed E-state index contributed by atoms with van der Waals surface area (Å²) in [5.74, 6) is 2.22. The zero-order chi connectivity index (χ0) is 14.7. The van der Waals surface area contributed by atoms with Gasteiger partial charge in [-0.25, -0.2) is 0 Å². The molecule has 1 saturated carbocycles. The van der Waals surface area contributed by atoms with Crippen molar-refractivity contribution < 1.29 is 9.26 Å². The Morgan fingerprint density at radius 2 is 2.10 bits per heavy atom. The lowest BCUT2D eigenvalue weighted by Gasteiger charge is -2.30. The van der Waals surface area contributed by atoms with E-state index in [9.17, 15) is 0 Å². The van der Waals surface area contributed by atoms with Gasteiger partial charge < -0.3 is 9.26 Å². The van der Waals surface area contributed by atoms with Gasteiger partial charge in [-0.3, -0.25) is 4.90 Å². The van der Waals surface area contributed by atoms with E-state index in [1.165, 1.54) is 32.1 Å². The predicted octanol–water partition coefficient (Wildman–Crippen LogP) is 3.11. The first-order valence-electron chi connectivity index (χ1n) is 8.40. The molecule has 0 N–H and O–H groups in total. The Balaban J connectivity index is 1.48. The second kappa shape index (κ2) is 6.88. The second-order valence-corrected chi connectivity index (χ2v) is 6.54. The number of hydrogen-bond acceptors (Lipinski definition) is 5. The number of likely N-dealkylation sites (tertiary alicyclic amines) is 1. The number of rotatable bonds is 5. The summed E-state index contributed by atoms with van der Waals surface area (Å²) in [5.41, 5.74) is 0. The summed E-state index contributed by atoms with van der Waals surface area (Å²) in [5, 5.41) is 4.09. The summed E-state index contributed by atoms with van der Waals surface area (Å²) in [4.78, 5) is 6.83. The molecule has 0 spiro atoms. The van der Waals surface area contributed by atoms with Crippen molar-refractivity contribution in [2.75, 3.05) is 19.7 Å². The Kier molecular flexibility index (Phi) is 4.91. The van der Waals surface area contributed by atoms with Gasteiger partial charge in [0.1, 0.15) is 0 Å². The first-order valence-corrected chi connectivity index (χ1v) is 8.40. The zero-order valence-electron chi connectivity index (χ0n) is 13.3. The summed E-state index contributed by atoms with van der Waals surface area (Å²) in [6.07, 6.45) is 8.04. The highest BCUT2D eigenvalue weighted by molar-refractivity contribution is 4.97. The Morgan fingerprint density at radius 3 is 2.86 bits per heavy atom. The standard InChI is InChI=1S/C16H27N3O2/c1-12-6-3-4-8-15(12)20-11-10-19-9-5-7-14(19)16-17-13(2)21-18-16/h12,14-15H,3-11H2,1-2H3/t12-,14+,15+/m1/s1. The third-order valence-corrected chi connectivity index (χ3v) is 4.95. The molecule has 1 aromatic rings. The van der Waals surface area contributed by atoms with E-state index in [0.29, 0.717) is 24.0 Å². The van der Waals surface area contributed by atoms with Gasteiger partial charge in [-0.1, -0.05) is 24.9 Å². The van der Waals surface area contributed by atoms with Crippen LogP contribution in [-0.2, 0) is 4.74 Å². The summed E-state index contributed by atoms with van der Waals surface area (Å²) in [6, 6.07) is 0.315. The predicted molar refractivity (Wildman–Crippen MR) is 80.0 cm³/mol. The van der Waals surface area contributed by atoms with Crippen LogP contribution >= 0.6 is 0 Å². The minimum atomic E-state index is 0.315. The van der Waals surface area contributed by atoms with Gasteiger partial charge in [-0.15, -0.1) is 0 Å². The largest absolute Gasteiger partial charge is 0.377 e. The van der Waals surface area contributed by atoms with Gasteiger partial charge in [0.25, 0.3) is 0 Å². The van der Waals surface area contributed by atoms with Crippen molar-refractivity contribution in [3.63, 3.8) is 0 Å². The van der Waals surface area contributed by atoms with E-state index in [0.717, 1.165) is 31.9 Å². The first kappa shape index (κ1) is 15.0. The van der Waals surface area contributed by atoms with Crippen LogP contribution in [0.1, 0.15) is 63.2 Å². The smallest absolute Gasteiger partial charge is 0.223 e. The minimum absolute atomic E-state index is 0.315. The van der Waals surface area contributed by atoms with Gasteiger partial charge in [0.15, 0.2) is 5.82 Å². The maximum absolute atomic E-state index is 6.14. The third-order valence-electron chi connectivity index (χ3n) is 4.95. The summed E-state index contributed by atoms with van der Waals surface area (Å²) >= 11 is 0. The lowest BCUT2D eigenvalue weighted by atomic mass is 9.88. The van der Waals surface area contributed by atoms with Crippen LogP contribution in [0.4, 0.5) is 0 Å². The molecule has 21 heavy (non-hydrogen) atoms. The van der Waals surface area contributed by atoms with Crippen molar-refractivity contribution in [1.82, 2.24) is 15.0 Å². The molecule has 0 amide bonds. The highest BCUT2D eigenvalue weighted by Crippen LogP contribution is 2.30. The molecule has 1 aliphatic heterocycles. The lowest BCUT2D eigenvalue weighted by Crippen LogP contribution is -2.32. The molecule has 3 atom stereocenters. The van der Waals surface area contributed by atoms with E-state index >= 15 is 0 Å². The molecule has 2 heterocycles. The van der Waals surface area contributed by atoms with Crippen LogP contribution in [0.3, 0.4) is 0 Å². The van der Waals surface area contributed by atoms with Gasteiger partial charge in [-0.05, 0) is 38.1 Å². The average molecular weight is 293 g/mol. The Morgan fingerprint density at radius 1 is 1.24 bits per heavy atom. The molecule has 2 aliphatic rings. The van der Waals surface area contributed by atoms with Crippen LogP contribution in [0.15, 0.2) is 4.52 Å². The molecule has 0 aromatic carbocycles. The van der Waals surface area contributed by atoms with Crippen molar-refractivity contribution in [1.29, 1.82) is 0 Å². The highest BCUT2D eigenvalue weighted by Gasteiger charge is 2.30. The van der Waals surface area contributed by atoms with Crippen molar-refractivity contribution in [3.05, 3.63) is 11.7 Å². The summed E-state index contributed by atoms with van der Waals surface area (Å²) < 4.78 is 11.3.